The van der Waals surface area contributed by atoms with Crippen LogP contribution in [0.3, 0.4) is 0 Å². The van der Waals surface area contributed by atoms with Crippen molar-refractivity contribution in [3.05, 3.63) is 69.7 Å². The lowest BCUT2D eigenvalue weighted by Gasteiger charge is -2.26. The molecule has 21 heavy (non-hydrogen) atoms. The summed E-state index contributed by atoms with van der Waals surface area (Å²) in [6.07, 6.45) is 0. The van der Waals surface area contributed by atoms with Gasteiger partial charge < -0.3 is 4.90 Å². The molecule has 2 nitrogen and oxygen atoms in total. The van der Waals surface area contributed by atoms with Crippen molar-refractivity contribution in [2.75, 3.05) is 7.05 Å². The van der Waals surface area contributed by atoms with Crippen LogP contribution in [0.1, 0.15) is 28.9 Å². The van der Waals surface area contributed by atoms with Crippen LogP contribution in [-0.4, -0.2) is 17.9 Å². The molecule has 110 valence electrons. The zero-order valence-corrected chi connectivity index (χ0v) is 13.2. The van der Waals surface area contributed by atoms with E-state index in [0.717, 1.165) is 6.07 Å². The van der Waals surface area contributed by atoms with Crippen LogP contribution in [0.5, 0.6) is 0 Å². The largest absolute Gasteiger partial charge is 0.335 e. The molecule has 0 heterocycles. The van der Waals surface area contributed by atoms with Crippen LogP contribution in [0, 0.1) is 11.6 Å². The fourth-order valence-electron chi connectivity index (χ4n) is 2.05. The molecule has 0 aliphatic heterocycles. The first-order chi connectivity index (χ1) is 9.91. The molecular formula is C16H14BrF2NO. The van der Waals surface area contributed by atoms with Crippen LogP contribution in [0.15, 0.2) is 46.9 Å². The van der Waals surface area contributed by atoms with Crippen LogP contribution in [0.4, 0.5) is 8.78 Å². The molecule has 0 saturated carbocycles. The van der Waals surface area contributed by atoms with Crippen molar-refractivity contribution in [1.82, 2.24) is 4.90 Å². The summed E-state index contributed by atoms with van der Waals surface area (Å²) in [7, 11) is 1.57. The molecule has 2 rings (SSSR count). The van der Waals surface area contributed by atoms with E-state index in [1.807, 2.05) is 0 Å². The van der Waals surface area contributed by atoms with Crippen molar-refractivity contribution in [3.63, 3.8) is 0 Å². The van der Waals surface area contributed by atoms with Gasteiger partial charge in [-0.25, -0.2) is 8.78 Å². The lowest BCUT2D eigenvalue weighted by molar-refractivity contribution is 0.0739. The molecule has 2 aromatic carbocycles. The van der Waals surface area contributed by atoms with E-state index in [4.69, 9.17) is 0 Å². The van der Waals surface area contributed by atoms with Gasteiger partial charge in [0, 0.05) is 17.1 Å². The predicted molar refractivity (Wildman–Crippen MR) is 81.0 cm³/mol. The van der Waals surface area contributed by atoms with Gasteiger partial charge in [-0.05, 0) is 47.1 Å². The molecule has 1 unspecified atom stereocenters. The first-order valence-electron chi connectivity index (χ1n) is 6.38. The number of halogens is 3. The fourth-order valence-corrected chi connectivity index (χ4v) is 2.47. The van der Waals surface area contributed by atoms with Gasteiger partial charge in [-0.1, -0.05) is 18.2 Å². The van der Waals surface area contributed by atoms with Crippen molar-refractivity contribution >= 4 is 21.8 Å². The number of carbonyl (C=O) groups excluding carboxylic acids is 1. The van der Waals surface area contributed by atoms with Gasteiger partial charge in [-0.15, -0.1) is 0 Å². The molecule has 5 heteroatoms. The second kappa shape index (κ2) is 6.35. The van der Waals surface area contributed by atoms with E-state index in [1.54, 1.807) is 32.2 Å². The highest BCUT2D eigenvalue weighted by molar-refractivity contribution is 9.10. The van der Waals surface area contributed by atoms with Crippen LogP contribution in [-0.2, 0) is 0 Å². The van der Waals surface area contributed by atoms with Crippen molar-refractivity contribution < 1.29 is 13.6 Å². The minimum atomic E-state index is -0.492. The Kier molecular flexibility index (Phi) is 4.73. The van der Waals surface area contributed by atoms with Gasteiger partial charge in [0.25, 0.3) is 5.91 Å². The average molecular weight is 354 g/mol. The van der Waals surface area contributed by atoms with Gasteiger partial charge in [0.2, 0.25) is 0 Å². The molecule has 0 fully saturated rings. The highest BCUT2D eigenvalue weighted by atomic mass is 79.9. The van der Waals surface area contributed by atoms with E-state index in [2.05, 4.69) is 15.9 Å². The number of carbonyl (C=O) groups is 1. The lowest BCUT2D eigenvalue weighted by atomic mass is 10.1. The van der Waals surface area contributed by atoms with Crippen molar-refractivity contribution in [2.45, 2.75) is 13.0 Å². The highest BCUT2D eigenvalue weighted by Gasteiger charge is 2.22. The van der Waals surface area contributed by atoms with Gasteiger partial charge in [-0.2, -0.15) is 0 Å². The Hall–Kier alpha value is -1.75. The number of nitrogens with zero attached hydrogens (tertiary/aromatic N) is 1. The quantitative estimate of drug-likeness (QED) is 0.791. The molecule has 0 radical (unpaired) electrons. The third-order valence-corrected chi connectivity index (χ3v) is 4.11. The van der Waals surface area contributed by atoms with Crippen molar-refractivity contribution in [3.8, 4) is 0 Å². The van der Waals surface area contributed by atoms with Gasteiger partial charge in [0.05, 0.1) is 11.6 Å². The minimum Gasteiger partial charge on any atom is -0.335 e. The summed E-state index contributed by atoms with van der Waals surface area (Å²) < 4.78 is 27.6. The zero-order valence-electron chi connectivity index (χ0n) is 11.6. The van der Waals surface area contributed by atoms with Crippen molar-refractivity contribution in [2.24, 2.45) is 0 Å². The van der Waals surface area contributed by atoms with Crippen LogP contribution < -0.4 is 0 Å². The fraction of sp³-hybridized carbons (Fsp3) is 0.188. The number of hydrogen-bond acceptors (Lipinski definition) is 1. The Morgan fingerprint density at radius 3 is 2.52 bits per heavy atom. The highest BCUT2D eigenvalue weighted by Crippen LogP contribution is 2.26. The van der Waals surface area contributed by atoms with Crippen LogP contribution in [0.25, 0.3) is 0 Å². The maximum absolute atomic E-state index is 13.8. The molecule has 0 spiro atoms. The minimum absolute atomic E-state index is 0.209. The zero-order chi connectivity index (χ0) is 15.6. The van der Waals surface area contributed by atoms with Crippen LogP contribution >= 0.6 is 15.9 Å². The molecule has 0 bridgehead atoms. The summed E-state index contributed by atoms with van der Waals surface area (Å²) in [6, 6.07) is 9.73. The van der Waals surface area contributed by atoms with Gasteiger partial charge >= 0.3 is 0 Å². The Morgan fingerprint density at radius 1 is 1.19 bits per heavy atom. The summed E-state index contributed by atoms with van der Waals surface area (Å²) in [5.41, 5.74) is 0.626. The Balaban J connectivity index is 2.31. The van der Waals surface area contributed by atoms with Gasteiger partial charge in [0.1, 0.15) is 11.6 Å². The molecule has 0 saturated heterocycles. The normalized spacial score (nSPS) is 12.0. The Morgan fingerprint density at radius 2 is 1.86 bits per heavy atom. The molecule has 1 amide bonds. The summed E-state index contributed by atoms with van der Waals surface area (Å²) in [4.78, 5) is 13.8. The first kappa shape index (κ1) is 15.6. The Labute approximate surface area is 130 Å². The molecule has 0 N–H and O–H groups in total. The molecule has 2 aromatic rings. The molecule has 0 aliphatic carbocycles. The SMILES string of the molecule is CC(c1ccccc1F)N(C)C(=O)c1cc(F)ccc1Br. The first-order valence-corrected chi connectivity index (χ1v) is 7.17. The predicted octanol–water partition coefficient (Wildman–Crippen LogP) is 4.56. The van der Waals surface area contributed by atoms with E-state index >= 15 is 0 Å². The summed E-state index contributed by atoms with van der Waals surface area (Å²) in [5.74, 6) is -1.24. The summed E-state index contributed by atoms with van der Waals surface area (Å²) in [5, 5.41) is 0. The monoisotopic (exact) mass is 353 g/mol. The maximum atomic E-state index is 13.8. The molecule has 0 aliphatic rings. The molecule has 0 aromatic heterocycles. The third-order valence-electron chi connectivity index (χ3n) is 3.42. The average Bonchev–Trinajstić information content (AvgIpc) is 2.48. The summed E-state index contributed by atoms with van der Waals surface area (Å²) in [6.45, 7) is 1.73. The van der Waals surface area contributed by atoms with Crippen molar-refractivity contribution in [1.29, 1.82) is 0 Å². The smallest absolute Gasteiger partial charge is 0.255 e. The maximum Gasteiger partial charge on any atom is 0.255 e. The van der Waals surface area contributed by atoms with E-state index in [0.29, 0.717) is 10.0 Å². The summed E-state index contributed by atoms with van der Waals surface area (Å²) >= 11 is 3.23. The Bertz CT molecular complexity index is 675. The van der Waals surface area contributed by atoms with E-state index in [9.17, 15) is 13.6 Å². The number of hydrogen-bond donors (Lipinski definition) is 0. The lowest BCUT2D eigenvalue weighted by Crippen LogP contribution is -2.30. The molecule has 1 atom stereocenters. The van der Waals surface area contributed by atoms with E-state index in [-0.39, 0.29) is 17.3 Å². The second-order valence-electron chi connectivity index (χ2n) is 4.74. The standard InChI is InChI=1S/C16H14BrF2NO/c1-10(12-5-3-4-6-15(12)19)20(2)16(21)13-9-11(18)7-8-14(13)17/h3-10H,1-2H3. The molecular weight excluding hydrogens is 340 g/mol. The van der Waals surface area contributed by atoms with Gasteiger partial charge in [-0.3, -0.25) is 4.79 Å². The topological polar surface area (TPSA) is 20.3 Å². The third kappa shape index (κ3) is 3.29. The number of benzene rings is 2. The van der Waals surface area contributed by atoms with Gasteiger partial charge in [0.15, 0.2) is 0 Å². The van der Waals surface area contributed by atoms with E-state index in [1.165, 1.54) is 23.1 Å². The van der Waals surface area contributed by atoms with E-state index < -0.39 is 11.9 Å². The number of amides is 1. The second-order valence-corrected chi connectivity index (χ2v) is 5.59. The number of rotatable bonds is 3. The van der Waals surface area contributed by atoms with Crippen LogP contribution in [0.2, 0.25) is 0 Å².